The third kappa shape index (κ3) is 7.16. The van der Waals surface area contributed by atoms with Crippen molar-refractivity contribution < 1.29 is 26.9 Å². The van der Waals surface area contributed by atoms with Gasteiger partial charge in [0.2, 0.25) is 5.91 Å². The maximum absolute atomic E-state index is 13.0. The van der Waals surface area contributed by atoms with Crippen LogP contribution in [0, 0.1) is 5.41 Å². The van der Waals surface area contributed by atoms with Crippen molar-refractivity contribution in [3.05, 3.63) is 23.8 Å². The highest BCUT2D eigenvalue weighted by Crippen LogP contribution is 2.31. The van der Waals surface area contributed by atoms with Gasteiger partial charge in [0, 0.05) is 26.1 Å². The standard InChI is InChI=1S/C22H35NO6S/c1-16(2)30(25,26)29-20-12-17(9-10-19(20)27-6)14-23(15-18-8-7-11-28-18)21(24)13-22(3,4)5/h9-10,12,16,18H,7-8,11,13-15H2,1-6H3/t18-/m0/s1. The lowest BCUT2D eigenvalue weighted by Gasteiger charge is -2.29. The van der Waals surface area contributed by atoms with Crippen molar-refractivity contribution in [2.75, 3.05) is 20.3 Å². The molecular weight excluding hydrogens is 406 g/mol. The molecule has 0 spiro atoms. The molecule has 0 saturated carbocycles. The van der Waals surface area contributed by atoms with E-state index in [0.717, 1.165) is 25.0 Å². The van der Waals surface area contributed by atoms with Crippen LogP contribution in [0.1, 0.15) is 59.4 Å². The van der Waals surface area contributed by atoms with Crippen LogP contribution in [0.3, 0.4) is 0 Å². The normalized spacial score (nSPS) is 17.2. The van der Waals surface area contributed by atoms with Crippen LogP contribution in [0.15, 0.2) is 18.2 Å². The fourth-order valence-electron chi connectivity index (χ4n) is 3.18. The van der Waals surface area contributed by atoms with Crippen LogP contribution in [0.25, 0.3) is 0 Å². The Morgan fingerprint density at radius 1 is 1.27 bits per heavy atom. The Balaban J connectivity index is 2.26. The third-order valence-corrected chi connectivity index (χ3v) is 6.43. The van der Waals surface area contributed by atoms with E-state index in [-0.39, 0.29) is 23.2 Å². The van der Waals surface area contributed by atoms with E-state index in [4.69, 9.17) is 13.7 Å². The highest BCUT2D eigenvalue weighted by Gasteiger charge is 2.27. The van der Waals surface area contributed by atoms with Crippen molar-refractivity contribution in [2.24, 2.45) is 5.41 Å². The summed E-state index contributed by atoms with van der Waals surface area (Å²) in [5.41, 5.74) is 0.635. The van der Waals surface area contributed by atoms with Crippen molar-refractivity contribution in [3.8, 4) is 11.5 Å². The maximum Gasteiger partial charge on any atom is 0.311 e. The molecule has 0 bridgehead atoms. The first-order chi connectivity index (χ1) is 13.9. The number of benzene rings is 1. The van der Waals surface area contributed by atoms with Crippen molar-refractivity contribution >= 4 is 16.0 Å². The van der Waals surface area contributed by atoms with Gasteiger partial charge in [-0.15, -0.1) is 0 Å². The van der Waals surface area contributed by atoms with Crippen LogP contribution < -0.4 is 8.92 Å². The minimum atomic E-state index is -3.77. The topological polar surface area (TPSA) is 82.1 Å². The molecular formula is C22H35NO6S. The first-order valence-corrected chi connectivity index (χ1v) is 11.9. The van der Waals surface area contributed by atoms with Gasteiger partial charge in [-0.1, -0.05) is 26.8 Å². The quantitative estimate of drug-likeness (QED) is 0.543. The van der Waals surface area contributed by atoms with E-state index in [1.807, 2.05) is 26.8 Å². The van der Waals surface area contributed by atoms with Gasteiger partial charge in [0.15, 0.2) is 11.5 Å². The van der Waals surface area contributed by atoms with E-state index in [1.54, 1.807) is 30.9 Å². The molecule has 1 aliphatic rings. The van der Waals surface area contributed by atoms with E-state index in [0.29, 0.717) is 25.3 Å². The van der Waals surface area contributed by atoms with Gasteiger partial charge in [0.05, 0.1) is 18.5 Å². The van der Waals surface area contributed by atoms with Crippen molar-refractivity contribution in [1.29, 1.82) is 0 Å². The maximum atomic E-state index is 13.0. The highest BCUT2D eigenvalue weighted by molar-refractivity contribution is 7.87. The van der Waals surface area contributed by atoms with E-state index < -0.39 is 15.4 Å². The number of hydrogen-bond acceptors (Lipinski definition) is 6. The van der Waals surface area contributed by atoms with E-state index >= 15 is 0 Å². The fourth-order valence-corrected chi connectivity index (χ4v) is 3.75. The summed E-state index contributed by atoms with van der Waals surface area (Å²) in [5.74, 6) is 0.504. The van der Waals surface area contributed by atoms with Crippen LogP contribution in [0.2, 0.25) is 0 Å². The molecule has 1 atom stereocenters. The molecule has 7 nitrogen and oxygen atoms in total. The molecule has 0 radical (unpaired) electrons. The summed E-state index contributed by atoms with van der Waals surface area (Å²) in [6, 6.07) is 5.12. The number of carbonyl (C=O) groups excluding carboxylic acids is 1. The fraction of sp³-hybridized carbons (Fsp3) is 0.682. The number of amides is 1. The molecule has 0 N–H and O–H groups in total. The molecule has 1 heterocycles. The minimum absolute atomic E-state index is 0.0317. The second kappa shape index (κ2) is 10.0. The monoisotopic (exact) mass is 441 g/mol. The lowest BCUT2D eigenvalue weighted by molar-refractivity contribution is -0.135. The van der Waals surface area contributed by atoms with Crippen LogP contribution in [-0.4, -0.2) is 50.8 Å². The van der Waals surface area contributed by atoms with Crippen LogP contribution in [0.4, 0.5) is 0 Å². The van der Waals surface area contributed by atoms with Gasteiger partial charge in [-0.05, 0) is 49.8 Å². The summed E-state index contributed by atoms with van der Waals surface area (Å²) in [7, 11) is -2.31. The lowest BCUT2D eigenvalue weighted by Crippen LogP contribution is -2.38. The molecule has 1 amide bonds. The first-order valence-electron chi connectivity index (χ1n) is 10.4. The number of ether oxygens (including phenoxy) is 2. The van der Waals surface area contributed by atoms with Crippen LogP contribution >= 0.6 is 0 Å². The average Bonchev–Trinajstić information content (AvgIpc) is 3.12. The molecule has 30 heavy (non-hydrogen) atoms. The number of hydrogen-bond donors (Lipinski definition) is 0. The van der Waals surface area contributed by atoms with E-state index in [1.165, 1.54) is 7.11 Å². The Kier molecular flexibility index (Phi) is 8.16. The summed E-state index contributed by atoms with van der Waals surface area (Å²) < 4.78 is 40.8. The summed E-state index contributed by atoms with van der Waals surface area (Å²) in [6.07, 6.45) is 2.38. The SMILES string of the molecule is COc1ccc(CN(C[C@@H]2CCCO2)C(=O)CC(C)(C)C)cc1OS(=O)(=O)C(C)C. The molecule has 0 aliphatic carbocycles. The first kappa shape index (κ1) is 24.5. The second-order valence-corrected chi connectivity index (χ2v) is 11.4. The summed E-state index contributed by atoms with van der Waals surface area (Å²) in [4.78, 5) is 14.8. The smallest absolute Gasteiger partial charge is 0.311 e. The molecule has 0 aromatic heterocycles. The molecule has 1 aliphatic heterocycles. The predicted octanol–water partition coefficient (Wildman–Crippen LogP) is 3.76. The van der Waals surface area contributed by atoms with Crippen molar-refractivity contribution in [2.45, 2.75) is 71.8 Å². The molecule has 8 heteroatoms. The molecule has 1 aromatic rings. The molecule has 1 saturated heterocycles. The average molecular weight is 442 g/mol. The van der Waals surface area contributed by atoms with Gasteiger partial charge in [-0.25, -0.2) is 0 Å². The molecule has 1 fully saturated rings. The van der Waals surface area contributed by atoms with Gasteiger partial charge < -0.3 is 18.6 Å². The Labute approximate surface area is 180 Å². The van der Waals surface area contributed by atoms with E-state index in [2.05, 4.69) is 0 Å². The third-order valence-electron chi connectivity index (χ3n) is 4.87. The highest BCUT2D eigenvalue weighted by atomic mass is 32.2. The number of carbonyl (C=O) groups is 1. The van der Waals surface area contributed by atoms with Gasteiger partial charge >= 0.3 is 10.1 Å². The number of methoxy groups -OCH3 is 1. The lowest BCUT2D eigenvalue weighted by atomic mass is 9.91. The zero-order chi connectivity index (χ0) is 22.5. The number of rotatable bonds is 9. The van der Waals surface area contributed by atoms with Gasteiger partial charge in [-0.3, -0.25) is 4.79 Å². The van der Waals surface area contributed by atoms with Crippen molar-refractivity contribution in [1.82, 2.24) is 4.90 Å². The summed E-state index contributed by atoms with van der Waals surface area (Å²) in [5, 5.41) is -0.685. The summed E-state index contributed by atoms with van der Waals surface area (Å²) in [6.45, 7) is 10.8. The minimum Gasteiger partial charge on any atom is -0.493 e. The second-order valence-electron chi connectivity index (χ2n) is 9.26. The van der Waals surface area contributed by atoms with Gasteiger partial charge in [0.25, 0.3) is 0 Å². The Bertz CT molecular complexity index is 823. The van der Waals surface area contributed by atoms with Crippen LogP contribution in [-0.2, 0) is 26.2 Å². The predicted molar refractivity (Wildman–Crippen MR) is 116 cm³/mol. The zero-order valence-electron chi connectivity index (χ0n) is 18.9. The largest absolute Gasteiger partial charge is 0.493 e. The Morgan fingerprint density at radius 3 is 2.50 bits per heavy atom. The Morgan fingerprint density at radius 2 is 1.97 bits per heavy atom. The zero-order valence-corrected chi connectivity index (χ0v) is 19.8. The number of nitrogens with zero attached hydrogens (tertiary/aromatic N) is 1. The molecule has 170 valence electrons. The molecule has 0 unspecified atom stereocenters. The van der Waals surface area contributed by atoms with Gasteiger partial charge in [0.1, 0.15) is 0 Å². The van der Waals surface area contributed by atoms with E-state index in [9.17, 15) is 13.2 Å². The van der Waals surface area contributed by atoms with Crippen LogP contribution in [0.5, 0.6) is 11.5 Å². The molecule has 2 rings (SSSR count). The van der Waals surface area contributed by atoms with Gasteiger partial charge in [-0.2, -0.15) is 8.42 Å². The molecule has 1 aromatic carbocycles. The van der Waals surface area contributed by atoms with Crippen molar-refractivity contribution in [3.63, 3.8) is 0 Å². The summed E-state index contributed by atoms with van der Waals surface area (Å²) >= 11 is 0. The Hall–Kier alpha value is -1.80.